The van der Waals surface area contributed by atoms with Gasteiger partial charge >= 0.3 is 0 Å². The minimum Gasteiger partial charge on any atom is -0.385 e. The van der Waals surface area contributed by atoms with Crippen LogP contribution < -0.4 is 10.2 Å². The maximum Gasteiger partial charge on any atom is 0.258 e. The lowest BCUT2D eigenvalue weighted by atomic mass is 10.4. The highest BCUT2D eigenvalue weighted by Crippen LogP contribution is 2.11. The SMILES string of the molecule is CNc1nc(N(C)CCCOC)nc(-n2cncn2)n1. The number of nitrogens with one attached hydrogen (secondary N) is 1. The third-order valence-electron chi connectivity index (χ3n) is 2.64. The molecule has 108 valence electrons. The molecule has 0 amide bonds. The minimum absolute atomic E-state index is 0.426. The highest BCUT2D eigenvalue weighted by atomic mass is 16.5. The Morgan fingerprint density at radius 1 is 1.35 bits per heavy atom. The first-order valence-corrected chi connectivity index (χ1v) is 6.23. The van der Waals surface area contributed by atoms with Gasteiger partial charge in [-0.3, -0.25) is 0 Å². The predicted molar refractivity (Wildman–Crippen MR) is 74.1 cm³/mol. The van der Waals surface area contributed by atoms with Crippen LogP contribution in [0.25, 0.3) is 5.95 Å². The van der Waals surface area contributed by atoms with Crippen LogP contribution >= 0.6 is 0 Å². The van der Waals surface area contributed by atoms with Gasteiger partial charge in [-0.2, -0.15) is 24.7 Å². The van der Waals surface area contributed by atoms with Crippen molar-refractivity contribution in [2.24, 2.45) is 0 Å². The molecule has 0 aliphatic carbocycles. The molecule has 0 unspecified atom stereocenters. The number of nitrogens with zero attached hydrogens (tertiary/aromatic N) is 7. The van der Waals surface area contributed by atoms with E-state index in [4.69, 9.17) is 4.74 Å². The number of hydrogen-bond donors (Lipinski definition) is 1. The zero-order valence-electron chi connectivity index (χ0n) is 11.8. The molecule has 0 bridgehead atoms. The van der Waals surface area contributed by atoms with Gasteiger partial charge < -0.3 is 15.0 Å². The van der Waals surface area contributed by atoms with Crippen LogP contribution in [0.1, 0.15) is 6.42 Å². The van der Waals surface area contributed by atoms with Crippen molar-refractivity contribution in [2.45, 2.75) is 6.42 Å². The lowest BCUT2D eigenvalue weighted by Crippen LogP contribution is -2.23. The van der Waals surface area contributed by atoms with Crippen LogP contribution in [0.4, 0.5) is 11.9 Å². The molecule has 0 spiro atoms. The van der Waals surface area contributed by atoms with E-state index in [1.165, 1.54) is 11.0 Å². The van der Waals surface area contributed by atoms with E-state index in [-0.39, 0.29) is 0 Å². The Morgan fingerprint density at radius 2 is 2.20 bits per heavy atom. The number of rotatable bonds is 7. The van der Waals surface area contributed by atoms with Crippen molar-refractivity contribution >= 4 is 11.9 Å². The van der Waals surface area contributed by atoms with Crippen LogP contribution in [-0.4, -0.2) is 64.1 Å². The topological polar surface area (TPSA) is 93.9 Å². The Bertz CT molecular complexity index is 529. The molecule has 0 saturated carbocycles. The minimum atomic E-state index is 0.426. The molecule has 0 atom stereocenters. The molecular weight excluding hydrogens is 260 g/mol. The molecule has 9 heteroatoms. The van der Waals surface area contributed by atoms with Crippen LogP contribution in [0, 0.1) is 0 Å². The standard InChI is InChI=1S/C11H18N8O/c1-12-9-15-10(18(2)5-4-6-20-3)17-11(16-9)19-8-13-7-14-19/h7-8H,4-6H2,1-3H3,(H,12,15,16,17). The normalized spacial score (nSPS) is 10.6. The zero-order valence-corrected chi connectivity index (χ0v) is 11.8. The summed E-state index contributed by atoms with van der Waals surface area (Å²) in [6, 6.07) is 0. The van der Waals surface area contributed by atoms with Crippen LogP contribution in [0.2, 0.25) is 0 Å². The summed E-state index contributed by atoms with van der Waals surface area (Å²) in [4.78, 5) is 18.8. The van der Waals surface area contributed by atoms with Gasteiger partial charge in [-0.15, -0.1) is 0 Å². The van der Waals surface area contributed by atoms with Crippen LogP contribution in [0.3, 0.4) is 0 Å². The molecule has 0 aliphatic rings. The molecule has 0 fully saturated rings. The van der Waals surface area contributed by atoms with Gasteiger partial charge in [0.1, 0.15) is 12.7 Å². The maximum atomic E-state index is 5.04. The molecule has 2 rings (SSSR count). The van der Waals surface area contributed by atoms with Crippen LogP contribution in [-0.2, 0) is 4.74 Å². The summed E-state index contributed by atoms with van der Waals surface area (Å²) in [5.74, 6) is 1.49. The zero-order chi connectivity index (χ0) is 14.4. The summed E-state index contributed by atoms with van der Waals surface area (Å²) < 4.78 is 6.54. The van der Waals surface area contributed by atoms with Gasteiger partial charge in [0, 0.05) is 34.4 Å². The summed E-state index contributed by atoms with van der Waals surface area (Å²) >= 11 is 0. The molecule has 9 nitrogen and oxygen atoms in total. The molecule has 2 aromatic heterocycles. The van der Waals surface area contributed by atoms with Gasteiger partial charge in [-0.1, -0.05) is 0 Å². The molecule has 0 aliphatic heterocycles. The van der Waals surface area contributed by atoms with E-state index in [1.807, 2.05) is 11.9 Å². The number of anilines is 2. The van der Waals surface area contributed by atoms with E-state index in [2.05, 4.69) is 30.4 Å². The average molecular weight is 278 g/mol. The highest BCUT2D eigenvalue weighted by Gasteiger charge is 2.11. The Labute approximate surface area is 117 Å². The smallest absolute Gasteiger partial charge is 0.258 e. The second-order valence-corrected chi connectivity index (χ2v) is 4.12. The maximum absolute atomic E-state index is 5.04. The van der Waals surface area contributed by atoms with Gasteiger partial charge in [0.25, 0.3) is 5.95 Å². The summed E-state index contributed by atoms with van der Waals surface area (Å²) in [7, 11) is 5.37. The monoisotopic (exact) mass is 278 g/mol. The van der Waals surface area contributed by atoms with Crippen LogP contribution in [0.15, 0.2) is 12.7 Å². The molecule has 2 heterocycles. The van der Waals surface area contributed by atoms with E-state index >= 15 is 0 Å². The second kappa shape index (κ2) is 6.75. The first kappa shape index (κ1) is 14.1. The van der Waals surface area contributed by atoms with E-state index in [0.29, 0.717) is 24.5 Å². The van der Waals surface area contributed by atoms with Crippen molar-refractivity contribution in [3.63, 3.8) is 0 Å². The van der Waals surface area contributed by atoms with E-state index < -0.39 is 0 Å². The number of aromatic nitrogens is 6. The summed E-state index contributed by atoms with van der Waals surface area (Å²) in [5, 5.41) is 6.94. The third kappa shape index (κ3) is 3.38. The number of methoxy groups -OCH3 is 1. The van der Waals surface area contributed by atoms with Gasteiger partial charge in [0.15, 0.2) is 0 Å². The fourth-order valence-corrected chi connectivity index (χ4v) is 1.60. The second-order valence-electron chi connectivity index (χ2n) is 4.12. The molecule has 20 heavy (non-hydrogen) atoms. The molecule has 2 aromatic rings. The Morgan fingerprint density at radius 3 is 2.85 bits per heavy atom. The summed E-state index contributed by atoms with van der Waals surface area (Å²) in [5.41, 5.74) is 0. The fourth-order valence-electron chi connectivity index (χ4n) is 1.60. The molecule has 0 aromatic carbocycles. The van der Waals surface area contributed by atoms with Gasteiger partial charge in [0.2, 0.25) is 11.9 Å². The number of hydrogen-bond acceptors (Lipinski definition) is 8. The first-order chi connectivity index (χ1) is 9.74. The van der Waals surface area contributed by atoms with E-state index in [1.54, 1.807) is 20.5 Å². The van der Waals surface area contributed by atoms with Gasteiger partial charge in [-0.05, 0) is 6.42 Å². The average Bonchev–Trinajstić information content (AvgIpc) is 3.01. The Balaban J connectivity index is 2.22. The largest absolute Gasteiger partial charge is 0.385 e. The summed E-state index contributed by atoms with van der Waals surface area (Å²) in [6.07, 6.45) is 3.88. The van der Waals surface area contributed by atoms with Crippen molar-refractivity contribution in [3.8, 4) is 5.95 Å². The molecular formula is C11H18N8O. The third-order valence-corrected chi connectivity index (χ3v) is 2.64. The number of ether oxygens (including phenoxy) is 1. The quantitative estimate of drug-likeness (QED) is 0.705. The van der Waals surface area contributed by atoms with Crippen LogP contribution in [0.5, 0.6) is 0 Å². The Hall–Kier alpha value is -2.29. The highest BCUT2D eigenvalue weighted by molar-refractivity contribution is 5.38. The van der Waals surface area contributed by atoms with Gasteiger partial charge in [0.05, 0.1) is 0 Å². The van der Waals surface area contributed by atoms with Gasteiger partial charge in [-0.25, -0.2) is 4.98 Å². The van der Waals surface area contributed by atoms with Crippen molar-refractivity contribution in [3.05, 3.63) is 12.7 Å². The van der Waals surface area contributed by atoms with E-state index in [0.717, 1.165) is 13.0 Å². The van der Waals surface area contributed by atoms with Crippen molar-refractivity contribution in [1.82, 2.24) is 29.7 Å². The first-order valence-electron chi connectivity index (χ1n) is 6.23. The van der Waals surface area contributed by atoms with E-state index in [9.17, 15) is 0 Å². The lowest BCUT2D eigenvalue weighted by Gasteiger charge is -2.17. The molecule has 1 N–H and O–H groups in total. The van der Waals surface area contributed by atoms with Crippen molar-refractivity contribution in [1.29, 1.82) is 0 Å². The molecule has 0 saturated heterocycles. The predicted octanol–water partition coefficient (Wildman–Crippen LogP) is -0.0333. The molecule has 0 radical (unpaired) electrons. The van der Waals surface area contributed by atoms with Crippen molar-refractivity contribution in [2.75, 3.05) is 44.6 Å². The summed E-state index contributed by atoms with van der Waals surface area (Å²) in [6.45, 7) is 1.49. The van der Waals surface area contributed by atoms with Crippen molar-refractivity contribution < 1.29 is 4.74 Å². The lowest BCUT2D eigenvalue weighted by molar-refractivity contribution is 0.196. The Kier molecular flexibility index (Phi) is 4.77. The fraction of sp³-hybridized carbons (Fsp3) is 0.545.